The van der Waals surface area contributed by atoms with E-state index >= 15 is 0 Å². The number of carboxylic acid groups (broad SMARTS) is 1. The summed E-state index contributed by atoms with van der Waals surface area (Å²) in [5, 5.41) is 11.2. The Morgan fingerprint density at radius 2 is 1.73 bits per heavy atom. The maximum absolute atomic E-state index is 12.9. The molecule has 0 radical (unpaired) electrons. The average molecular weight is 356 g/mol. The van der Waals surface area contributed by atoms with Crippen LogP contribution in [0.2, 0.25) is 0 Å². The smallest absolute Gasteiger partial charge is 0.275 e. The number of nitrogens with zero attached hydrogens (tertiary/aromatic N) is 3. The first-order valence-electron chi connectivity index (χ1n) is 8.06. The lowest BCUT2D eigenvalue weighted by atomic mass is 9.92. The Labute approximate surface area is 150 Å². The van der Waals surface area contributed by atoms with Crippen molar-refractivity contribution in [1.29, 1.82) is 0 Å². The first kappa shape index (κ1) is 17.7. The standard InChI is InChI=1S/C18H19N3O5/c1-10-12-9-14(26-3)13(25-2)8-11(12)4-7-21(10)17(22)15-16(18(23)24)20-6-5-19-15/h5-6,8-10H,4,7H2,1-3H3,(H,23,24)/p-1/t10-/m1/s1. The molecule has 3 rings (SSSR count). The highest BCUT2D eigenvalue weighted by atomic mass is 16.5. The van der Waals surface area contributed by atoms with Crippen LogP contribution >= 0.6 is 0 Å². The summed E-state index contributed by atoms with van der Waals surface area (Å²) in [4.78, 5) is 33.3. The molecule has 0 unspecified atom stereocenters. The number of benzene rings is 1. The molecule has 0 aliphatic carbocycles. The second kappa shape index (κ2) is 6.99. The molecule has 0 bridgehead atoms. The summed E-state index contributed by atoms with van der Waals surface area (Å²) in [7, 11) is 3.12. The van der Waals surface area contributed by atoms with Crippen LogP contribution in [0.1, 0.15) is 45.1 Å². The van der Waals surface area contributed by atoms with Gasteiger partial charge in [-0.25, -0.2) is 4.98 Å². The molecule has 136 valence electrons. The fraction of sp³-hybridized carbons (Fsp3) is 0.333. The molecule has 0 spiro atoms. The number of amides is 1. The molecule has 1 atom stereocenters. The van der Waals surface area contributed by atoms with Crippen LogP contribution in [0.3, 0.4) is 0 Å². The van der Waals surface area contributed by atoms with E-state index in [-0.39, 0.29) is 11.7 Å². The van der Waals surface area contributed by atoms with Crippen LogP contribution < -0.4 is 14.6 Å². The minimum atomic E-state index is -1.53. The molecule has 2 aromatic rings. The lowest BCUT2D eigenvalue weighted by Gasteiger charge is -2.35. The number of carboxylic acids is 1. The Kier molecular flexibility index (Phi) is 4.75. The van der Waals surface area contributed by atoms with Crippen LogP contribution in [0, 0.1) is 0 Å². The largest absolute Gasteiger partial charge is 0.543 e. The van der Waals surface area contributed by atoms with Gasteiger partial charge in [0.05, 0.1) is 26.2 Å². The third kappa shape index (κ3) is 2.94. The Morgan fingerprint density at radius 3 is 2.35 bits per heavy atom. The predicted molar refractivity (Wildman–Crippen MR) is 89.1 cm³/mol. The molecular formula is C18H18N3O5-. The van der Waals surface area contributed by atoms with Crippen LogP contribution in [0.4, 0.5) is 0 Å². The van der Waals surface area contributed by atoms with Crippen molar-refractivity contribution in [2.75, 3.05) is 20.8 Å². The Balaban J connectivity index is 1.98. The first-order chi connectivity index (χ1) is 12.5. The minimum absolute atomic E-state index is 0.219. The molecule has 8 heteroatoms. The maximum atomic E-state index is 12.9. The van der Waals surface area contributed by atoms with E-state index in [1.165, 1.54) is 12.4 Å². The molecule has 0 N–H and O–H groups in total. The normalized spacial score (nSPS) is 16.0. The van der Waals surface area contributed by atoms with Crippen molar-refractivity contribution < 1.29 is 24.2 Å². The topological polar surface area (TPSA) is 105 Å². The zero-order valence-electron chi connectivity index (χ0n) is 14.7. The quantitative estimate of drug-likeness (QED) is 0.790. The highest BCUT2D eigenvalue weighted by Crippen LogP contribution is 2.38. The highest BCUT2D eigenvalue weighted by Gasteiger charge is 2.31. The summed E-state index contributed by atoms with van der Waals surface area (Å²) in [6, 6.07) is 3.46. The van der Waals surface area contributed by atoms with Crippen molar-refractivity contribution in [3.8, 4) is 11.5 Å². The molecule has 1 aromatic carbocycles. The molecule has 1 aliphatic rings. The van der Waals surface area contributed by atoms with Gasteiger partial charge >= 0.3 is 0 Å². The molecule has 1 amide bonds. The molecule has 1 aromatic heterocycles. The first-order valence-corrected chi connectivity index (χ1v) is 8.06. The van der Waals surface area contributed by atoms with Crippen molar-refractivity contribution in [1.82, 2.24) is 14.9 Å². The predicted octanol–water partition coefficient (Wildman–Crippen LogP) is 0.617. The van der Waals surface area contributed by atoms with Crippen molar-refractivity contribution in [3.05, 3.63) is 47.0 Å². The number of carbonyl (C=O) groups excluding carboxylic acids is 2. The molecule has 0 saturated heterocycles. The van der Waals surface area contributed by atoms with E-state index < -0.39 is 17.6 Å². The molecule has 2 heterocycles. The van der Waals surface area contributed by atoms with Gasteiger partial charge in [-0.2, -0.15) is 0 Å². The molecular weight excluding hydrogens is 338 g/mol. The van der Waals surface area contributed by atoms with E-state index in [1.807, 2.05) is 19.1 Å². The maximum Gasteiger partial charge on any atom is 0.275 e. The van der Waals surface area contributed by atoms with E-state index in [1.54, 1.807) is 19.1 Å². The summed E-state index contributed by atoms with van der Waals surface area (Å²) in [6.45, 7) is 2.29. The van der Waals surface area contributed by atoms with Crippen molar-refractivity contribution in [2.45, 2.75) is 19.4 Å². The number of ether oxygens (including phenoxy) is 2. The van der Waals surface area contributed by atoms with Crippen LogP contribution in [0.15, 0.2) is 24.5 Å². The second-order valence-electron chi connectivity index (χ2n) is 5.87. The van der Waals surface area contributed by atoms with Gasteiger partial charge in [0.25, 0.3) is 5.91 Å². The van der Waals surface area contributed by atoms with E-state index in [2.05, 4.69) is 9.97 Å². The molecule has 8 nitrogen and oxygen atoms in total. The monoisotopic (exact) mass is 356 g/mol. The summed E-state index contributed by atoms with van der Waals surface area (Å²) in [6.07, 6.45) is 3.11. The van der Waals surface area contributed by atoms with E-state index in [9.17, 15) is 14.7 Å². The van der Waals surface area contributed by atoms with Crippen LogP contribution in [-0.2, 0) is 6.42 Å². The van der Waals surface area contributed by atoms with Gasteiger partial charge in [0.2, 0.25) is 0 Å². The summed E-state index contributed by atoms with van der Waals surface area (Å²) in [5.41, 5.74) is 1.30. The second-order valence-corrected chi connectivity index (χ2v) is 5.87. The van der Waals surface area contributed by atoms with Gasteiger partial charge in [0.1, 0.15) is 5.69 Å². The fourth-order valence-corrected chi connectivity index (χ4v) is 3.20. The van der Waals surface area contributed by atoms with Gasteiger partial charge in [-0.1, -0.05) is 0 Å². The number of aromatic nitrogens is 2. The number of rotatable bonds is 4. The molecule has 1 aliphatic heterocycles. The number of fused-ring (bicyclic) bond motifs is 1. The van der Waals surface area contributed by atoms with Crippen molar-refractivity contribution >= 4 is 11.9 Å². The third-order valence-electron chi connectivity index (χ3n) is 4.54. The number of carbonyl (C=O) groups is 2. The van der Waals surface area contributed by atoms with E-state index in [0.717, 1.165) is 11.1 Å². The van der Waals surface area contributed by atoms with Gasteiger partial charge in [0, 0.05) is 18.9 Å². The molecule has 26 heavy (non-hydrogen) atoms. The van der Waals surface area contributed by atoms with Crippen LogP contribution in [-0.4, -0.2) is 47.5 Å². The number of hydrogen-bond donors (Lipinski definition) is 0. The van der Waals surface area contributed by atoms with Gasteiger partial charge < -0.3 is 24.3 Å². The third-order valence-corrected chi connectivity index (χ3v) is 4.54. The lowest BCUT2D eigenvalue weighted by molar-refractivity contribution is -0.255. The minimum Gasteiger partial charge on any atom is -0.543 e. The summed E-state index contributed by atoms with van der Waals surface area (Å²) in [5.74, 6) is -0.822. The Bertz CT molecular complexity index is 868. The lowest BCUT2D eigenvalue weighted by Crippen LogP contribution is -2.40. The van der Waals surface area contributed by atoms with Crippen molar-refractivity contribution in [2.24, 2.45) is 0 Å². The zero-order valence-corrected chi connectivity index (χ0v) is 14.7. The van der Waals surface area contributed by atoms with Gasteiger partial charge in [-0.15, -0.1) is 0 Å². The Hall–Kier alpha value is -3.16. The van der Waals surface area contributed by atoms with Gasteiger partial charge in [-0.3, -0.25) is 9.78 Å². The number of aromatic carboxylic acids is 1. The zero-order chi connectivity index (χ0) is 18.8. The summed E-state index contributed by atoms with van der Waals surface area (Å²) < 4.78 is 10.7. The number of methoxy groups -OCH3 is 2. The number of hydrogen-bond acceptors (Lipinski definition) is 7. The van der Waals surface area contributed by atoms with E-state index in [4.69, 9.17) is 9.47 Å². The van der Waals surface area contributed by atoms with Crippen LogP contribution in [0.5, 0.6) is 11.5 Å². The molecule has 0 saturated carbocycles. The van der Waals surface area contributed by atoms with Gasteiger partial charge in [0.15, 0.2) is 17.2 Å². The fourth-order valence-electron chi connectivity index (χ4n) is 3.20. The Morgan fingerprint density at radius 1 is 1.12 bits per heavy atom. The van der Waals surface area contributed by atoms with E-state index in [0.29, 0.717) is 24.5 Å². The average Bonchev–Trinajstić information content (AvgIpc) is 2.66. The van der Waals surface area contributed by atoms with Crippen LogP contribution in [0.25, 0.3) is 0 Å². The van der Waals surface area contributed by atoms with Crippen molar-refractivity contribution in [3.63, 3.8) is 0 Å². The molecule has 0 fully saturated rings. The summed E-state index contributed by atoms with van der Waals surface area (Å²) >= 11 is 0. The van der Waals surface area contributed by atoms with Gasteiger partial charge in [-0.05, 0) is 36.6 Å². The SMILES string of the molecule is COc1cc2c(cc1OC)[C@@H](C)N(C(=O)c1nccnc1C(=O)[O-])CC2. The highest BCUT2D eigenvalue weighted by molar-refractivity contribution is 6.01.